The highest BCUT2D eigenvalue weighted by atomic mass is 32.2. The van der Waals surface area contributed by atoms with Crippen LogP contribution < -0.4 is 5.73 Å². The summed E-state index contributed by atoms with van der Waals surface area (Å²) in [6.45, 7) is 7.97. The zero-order valence-electron chi connectivity index (χ0n) is 12.8. The average Bonchev–Trinajstić information content (AvgIpc) is 2.31. The molecule has 0 radical (unpaired) electrons. The lowest BCUT2D eigenvalue weighted by Crippen LogP contribution is -2.52. The average molecular weight is 295 g/mol. The van der Waals surface area contributed by atoms with E-state index in [0.717, 1.165) is 24.0 Å². The van der Waals surface area contributed by atoms with E-state index in [9.17, 15) is 8.42 Å². The third-order valence-corrected chi connectivity index (χ3v) is 7.05. The van der Waals surface area contributed by atoms with Crippen LogP contribution in [-0.4, -0.2) is 19.7 Å². The lowest BCUT2D eigenvalue weighted by molar-refractivity contribution is 0.204. The van der Waals surface area contributed by atoms with Crippen molar-refractivity contribution in [3.8, 4) is 0 Å². The Hall–Kier alpha value is -0.870. The molecule has 1 fully saturated rings. The Balaban J connectivity index is 2.44. The van der Waals surface area contributed by atoms with E-state index in [0.29, 0.717) is 11.3 Å². The SMILES string of the molecule is Cc1ccc(S(=O)(=O)C2CCCC(C)(C)C2N)c(C)c1. The van der Waals surface area contributed by atoms with Crippen molar-refractivity contribution in [3.05, 3.63) is 29.3 Å². The van der Waals surface area contributed by atoms with Gasteiger partial charge in [-0.2, -0.15) is 0 Å². The van der Waals surface area contributed by atoms with Crippen molar-refractivity contribution >= 4 is 9.84 Å². The Morgan fingerprint density at radius 2 is 1.90 bits per heavy atom. The fourth-order valence-corrected chi connectivity index (χ4v) is 5.56. The molecule has 20 heavy (non-hydrogen) atoms. The first-order chi connectivity index (χ1) is 9.16. The van der Waals surface area contributed by atoms with E-state index in [-0.39, 0.29) is 11.5 Å². The molecule has 0 aliphatic heterocycles. The summed E-state index contributed by atoms with van der Waals surface area (Å²) in [4.78, 5) is 0.446. The highest BCUT2D eigenvalue weighted by molar-refractivity contribution is 7.92. The second-order valence-electron chi connectivity index (χ2n) is 6.76. The highest BCUT2D eigenvalue weighted by Crippen LogP contribution is 2.39. The van der Waals surface area contributed by atoms with Crippen molar-refractivity contribution in [1.82, 2.24) is 0 Å². The molecular weight excluding hydrogens is 270 g/mol. The van der Waals surface area contributed by atoms with Crippen LogP contribution in [-0.2, 0) is 9.84 Å². The molecule has 2 N–H and O–H groups in total. The quantitative estimate of drug-likeness (QED) is 0.912. The second-order valence-corrected chi connectivity index (χ2v) is 8.89. The molecule has 2 atom stereocenters. The van der Waals surface area contributed by atoms with Crippen LogP contribution in [0, 0.1) is 19.3 Å². The number of rotatable bonds is 2. The first kappa shape index (κ1) is 15.5. The van der Waals surface area contributed by atoms with Crippen molar-refractivity contribution in [2.45, 2.75) is 63.1 Å². The Bertz CT molecular complexity index is 605. The van der Waals surface area contributed by atoms with Gasteiger partial charge in [-0.25, -0.2) is 8.42 Å². The summed E-state index contributed by atoms with van der Waals surface area (Å²) >= 11 is 0. The van der Waals surface area contributed by atoms with Crippen LogP contribution in [0.1, 0.15) is 44.2 Å². The molecule has 0 bridgehead atoms. The molecule has 0 saturated heterocycles. The first-order valence-electron chi connectivity index (χ1n) is 7.23. The zero-order chi connectivity index (χ0) is 15.1. The van der Waals surface area contributed by atoms with Crippen LogP contribution >= 0.6 is 0 Å². The fourth-order valence-electron chi connectivity index (χ4n) is 3.24. The van der Waals surface area contributed by atoms with Crippen molar-refractivity contribution in [3.63, 3.8) is 0 Å². The molecule has 4 heteroatoms. The topological polar surface area (TPSA) is 60.2 Å². The highest BCUT2D eigenvalue weighted by Gasteiger charge is 2.43. The summed E-state index contributed by atoms with van der Waals surface area (Å²) < 4.78 is 25.9. The number of nitrogens with two attached hydrogens (primary N) is 1. The molecule has 1 saturated carbocycles. The number of aryl methyl sites for hydroxylation is 2. The summed E-state index contributed by atoms with van der Waals surface area (Å²) in [5, 5.41) is -0.465. The molecule has 0 amide bonds. The monoisotopic (exact) mass is 295 g/mol. The van der Waals surface area contributed by atoms with Gasteiger partial charge in [0.2, 0.25) is 0 Å². The van der Waals surface area contributed by atoms with E-state index in [4.69, 9.17) is 5.73 Å². The molecule has 0 heterocycles. The van der Waals surface area contributed by atoms with Crippen LogP contribution in [0.4, 0.5) is 0 Å². The van der Waals surface area contributed by atoms with Gasteiger partial charge in [-0.15, -0.1) is 0 Å². The Labute approximate surface area is 122 Å². The third kappa shape index (κ3) is 2.63. The van der Waals surface area contributed by atoms with Crippen LogP contribution in [0.25, 0.3) is 0 Å². The van der Waals surface area contributed by atoms with Gasteiger partial charge in [0.25, 0.3) is 0 Å². The lowest BCUT2D eigenvalue weighted by atomic mass is 9.73. The van der Waals surface area contributed by atoms with Crippen LogP contribution in [0.15, 0.2) is 23.1 Å². The zero-order valence-corrected chi connectivity index (χ0v) is 13.6. The molecule has 2 unspecified atom stereocenters. The molecule has 0 aromatic heterocycles. The number of benzene rings is 1. The Morgan fingerprint density at radius 3 is 2.50 bits per heavy atom. The van der Waals surface area contributed by atoms with Gasteiger partial charge < -0.3 is 5.73 Å². The van der Waals surface area contributed by atoms with Crippen LogP contribution in [0.5, 0.6) is 0 Å². The molecule has 0 spiro atoms. The minimum absolute atomic E-state index is 0.116. The van der Waals surface area contributed by atoms with Crippen molar-refractivity contribution < 1.29 is 8.42 Å². The molecule has 2 rings (SSSR count). The minimum atomic E-state index is -3.35. The number of sulfone groups is 1. The normalized spacial score (nSPS) is 26.4. The van der Waals surface area contributed by atoms with Gasteiger partial charge in [-0.05, 0) is 43.7 Å². The molecule has 1 aliphatic carbocycles. The fraction of sp³-hybridized carbons (Fsp3) is 0.625. The van der Waals surface area contributed by atoms with Gasteiger partial charge in [-0.1, -0.05) is 38.0 Å². The summed E-state index contributed by atoms with van der Waals surface area (Å²) in [5.41, 5.74) is 8.06. The van der Waals surface area contributed by atoms with Gasteiger partial charge in [0.1, 0.15) is 0 Å². The van der Waals surface area contributed by atoms with E-state index < -0.39 is 15.1 Å². The third-order valence-electron chi connectivity index (χ3n) is 4.65. The van der Waals surface area contributed by atoms with E-state index >= 15 is 0 Å². The standard InChI is InChI=1S/C16H25NO2S/c1-11-7-8-13(12(2)10-11)20(18,19)14-6-5-9-16(3,4)15(14)17/h7-8,10,14-15H,5-6,9,17H2,1-4H3. The van der Waals surface area contributed by atoms with E-state index in [1.54, 1.807) is 6.07 Å². The molecule has 3 nitrogen and oxygen atoms in total. The summed E-state index contributed by atoms with van der Waals surface area (Å²) in [5.74, 6) is 0. The van der Waals surface area contributed by atoms with Gasteiger partial charge in [0, 0.05) is 6.04 Å². The minimum Gasteiger partial charge on any atom is -0.326 e. The lowest BCUT2D eigenvalue weighted by Gasteiger charge is -2.41. The van der Waals surface area contributed by atoms with Gasteiger partial charge in [-0.3, -0.25) is 0 Å². The largest absolute Gasteiger partial charge is 0.326 e. The maximum Gasteiger partial charge on any atom is 0.183 e. The maximum atomic E-state index is 12.9. The summed E-state index contributed by atoms with van der Waals surface area (Å²) in [6.07, 6.45) is 2.59. The van der Waals surface area contributed by atoms with Crippen molar-refractivity contribution in [2.24, 2.45) is 11.1 Å². The van der Waals surface area contributed by atoms with E-state index in [1.807, 2.05) is 26.0 Å². The maximum absolute atomic E-state index is 12.9. The first-order valence-corrected chi connectivity index (χ1v) is 8.77. The summed E-state index contributed by atoms with van der Waals surface area (Å²) in [7, 11) is -3.35. The Morgan fingerprint density at radius 1 is 1.25 bits per heavy atom. The van der Waals surface area contributed by atoms with Crippen molar-refractivity contribution in [1.29, 1.82) is 0 Å². The molecule has 112 valence electrons. The number of hydrogen-bond donors (Lipinski definition) is 1. The van der Waals surface area contributed by atoms with Gasteiger partial charge in [0.15, 0.2) is 9.84 Å². The smallest absolute Gasteiger partial charge is 0.183 e. The van der Waals surface area contributed by atoms with Crippen LogP contribution in [0.3, 0.4) is 0 Å². The van der Waals surface area contributed by atoms with E-state index in [1.165, 1.54) is 0 Å². The predicted octanol–water partition coefficient (Wildman–Crippen LogP) is 2.98. The summed E-state index contributed by atoms with van der Waals surface area (Å²) in [6, 6.07) is 5.21. The van der Waals surface area contributed by atoms with E-state index in [2.05, 4.69) is 13.8 Å². The molecule has 1 aliphatic rings. The molecule has 1 aromatic rings. The molecular formula is C16H25NO2S. The van der Waals surface area contributed by atoms with Crippen molar-refractivity contribution in [2.75, 3.05) is 0 Å². The number of hydrogen-bond acceptors (Lipinski definition) is 3. The van der Waals surface area contributed by atoms with Crippen LogP contribution in [0.2, 0.25) is 0 Å². The van der Waals surface area contributed by atoms with Gasteiger partial charge in [0.05, 0.1) is 10.1 Å². The molecule has 1 aromatic carbocycles. The second kappa shape index (κ2) is 5.15. The predicted molar refractivity (Wildman–Crippen MR) is 82.5 cm³/mol. The Kier molecular flexibility index (Phi) is 4.00. The van der Waals surface area contributed by atoms with Gasteiger partial charge >= 0.3 is 0 Å².